The molecule has 2 nitrogen and oxygen atoms in total. The Labute approximate surface area is 248 Å². The Balaban J connectivity index is 1.99. The number of hydrogen-bond donors (Lipinski definition) is 0. The molecule has 0 saturated heterocycles. The van der Waals surface area contributed by atoms with Gasteiger partial charge in [-0.3, -0.25) is 0 Å². The van der Waals surface area contributed by atoms with E-state index in [1.54, 1.807) is 0 Å². The molecule has 0 aliphatic heterocycles. The van der Waals surface area contributed by atoms with Crippen molar-refractivity contribution in [1.82, 2.24) is 0 Å². The molecule has 2 atom stereocenters. The third kappa shape index (κ3) is 5.68. The van der Waals surface area contributed by atoms with Crippen LogP contribution in [0.15, 0.2) is 59.7 Å². The zero-order valence-electron chi connectivity index (χ0n) is 27.0. The first-order chi connectivity index (χ1) is 18.9. The molecule has 0 heterocycles. The van der Waals surface area contributed by atoms with Crippen LogP contribution in [0.4, 0.5) is 0 Å². The summed E-state index contributed by atoms with van der Waals surface area (Å²) < 4.78 is 13.7. The second-order valence-electron chi connectivity index (χ2n) is 13.8. The van der Waals surface area contributed by atoms with Gasteiger partial charge in [-0.15, -0.1) is 0 Å². The minimum absolute atomic E-state index is 0.0443. The number of hydrogen-bond acceptors (Lipinski definition) is 2. The van der Waals surface area contributed by atoms with Gasteiger partial charge < -0.3 is 8.85 Å². The summed E-state index contributed by atoms with van der Waals surface area (Å²) in [6.07, 6.45) is 4.63. The van der Waals surface area contributed by atoms with E-state index in [-0.39, 0.29) is 10.8 Å². The quantitative estimate of drug-likeness (QED) is 0.235. The highest BCUT2D eigenvalue weighted by Gasteiger charge is 2.49. The molecular weight excluding hydrogens is 521 g/mol. The van der Waals surface area contributed by atoms with Crippen molar-refractivity contribution in [2.45, 2.75) is 112 Å². The van der Waals surface area contributed by atoms with Crippen molar-refractivity contribution in [1.29, 1.82) is 0 Å². The SMILES string of the molecule is CCCC(C)(C)C1=C(O[Si](C)C)c2ccccc2C1C(C)C1C(C(C)(C)CCC)=C(O[Si](C)C)c2ccccc21. The highest BCUT2D eigenvalue weighted by atomic mass is 28.3. The fourth-order valence-electron chi connectivity index (χ4n) is 7.72. The van der Waals surface area contributed by atoms with Crippen LogP contribution < -0.4 is 0 Å². The molecule has 0 bridgehead atoms. The molecule has 2 unspecified atom stereocenters. The van der Waals surface area contributed by atoms with Gasteiger partial charge in [-0.2, -0.15) is 0 Å². The van der Waals surface area contributed by atoms with Gasteiger partial charge in [-0.05, 0) is 78.1 Å². The van der Waals surface area contributed by atoms with Crippen molar-refractivity contribution in [3.8, 4) is 0 Å². The first kappa shape index (κ1) is 30.9. The third-order valence-corrected chi connectivity index (χ3v) is 10.3. The summed E-state index contributed by atoms with van der Waals surface area (Å²) in [6, 6.07) is 18.2. The van der Waals surface area contributed by atoms with E-state index in [1.807, 2.05) is 0 Å². The van der Waals surface area contributed by atoms with Crippen LogP contribution in [0.25, 0.3) is 11.5 Å². The molecule has 0 amide bonds. The summed E-state index contributed by atoms with van der Waals surface area (Å²) in [5, 5.41) is 0. The third-order valence-electron chi connectivity index (χ3n) is 9.06. The van der Waals surface area contributed by atoms with Crippen LogP contribution >= 0.6 is 0 Å². The largest absolute Gasteiger partial charge is 0.542 e. The molecule has 0 fully saturated rings. The van der Waals surface area contributed by atoms with Crippen LogP contribution in [0.5, 0.6) is 0 Å². The second-order valence-corrected chi connectivity index (χ2v) is 17.8. The Morgan fingerprint density at radius 2 is 1.00 bits per heavy atom. The Morgan fingerprint density at radius 1 is 0.650 bits per heavy atom. The smallest absolute Gasteiger partial charge is 0.274 e. The highest BCUT2D eigenvalue weighted by molar-refractivity contribution is 6.50. The lowest BCUT2D eigenvalue weighted by Gasteiger charge is -2.40. The molecule has 2 aromatic rings. The van der Waals surface area contributed by atoms with Crippen molar-refractivity contribution in [3.05, 3.63) is 81.9 Å². The fourth-order valence-corrected chi connectivity index (χ4v) is 8.98. The van der Waals surface area contributed by atoms with E-state index in [0.717, 1.165) is 25.7 Å². The van der Waals surface area contributed by atoms with Gasteiger partial charge >= 0.3 is 0 Å². The number of benzene rings is 2. The van der Waals surface area contributed by atoms with E-state index in [0.29, 0.717) is 17.8 Å². The topological polar surface area (TPSA) is 18.5 Å². The van der Waals surface area contributed by atoms with Crippen molar-refractivity contribution >= 4 is 29.6 Å². The normalized spacial score (nSPS) is 19.9. The summed E-state index contributed by atoms with van der Waals surface area (Å²) in [5.74, 6) is 3.31. The zero-order valence-corrected chi connectivity index (χ0v) is 29.0. The van der Waals surface area contributed by atoms with Crippen LogP contribution in [0.3, 0.4) is 0 Å². The average Bonchev–Trinajstić information content (AvgIpc) is 3.37. The minimum Gasteiger partial charge on any atom is -0.542 e. The van der Waals surface area contributed by atoms with Gasteiger partial charge in [0.25, 0.3) is 18.1 Å². The van der Waals surface area contributed by atoms with Gasteiger partial charge in [-0.1, -0.05) is 110 Å². The summed E-state index contributed by atoms with van der Waals surface area (Å²) in [6.45, 7) is 26.0. The first-order valence-electron chi connectivity index (χ1n) is 15.5. The molecule has 2 aliphatic rings. The van der Waals surface area contributed by atoms with Gasteiger partial charge in [0, 0.05) is 23.0 Å². The molecule has 0 spiro atoms. The fraction of sp³-hybridized carbons (Fsp3) is 0.556. The predicted molar refractivity (Wildman–Crippen MR) is 176 cm³/mol. The predicted octanol–water partition coefficient (Wildman–Crippen LogP) is 10.8. The van der Waals surface area contributed by atoms with Crippen LogP contribution in [-0.2, 0) is 8.85 Å². The Bertz CT molecular complexity index is 1170. The van der Waals surface area contributed by atoms with Gasteiger partial charge in [0.2, 0.25) is 0 Å². The molecule has 2 aromatic carbocycles. The maximum absolute atomic E-state index is 6.85. The van der Waals surface area contributed by atoms with E-state index in [9.17, 15) is 0 Å². The molecule has 0 aromatic heterocycles. The average molecular weight is 573 g/mol. The lowest BCUT2D eigenvalue weighted by Crippen LogP contribution is -2.29. The van der Waals surface area contributed by atoms with Crippen LogP contribution in [0.2, 0.25) is 26.2 Å². The van der Waals surface area contributed by atoms with E-state index in [4.69, 9.17) is 8.85 Å². The van der Waals surface area contributed by atoms with Crippen LogP contribution in [0, 0.1) is 16.7 Å². The molecule has 2 aliphatic carbocycles. The Kier molecular flexibility index (Phi) is 9.31. The summed E-state index contributed by atoms with van der Waals surface area (Å²) in [5.41, 5.74) is 8.65. The van der Waals surface area contributed by atoms with Gasteiger partial charge in [0.15, 0.2) is 0 Å². The second kappa shape index (κ2) is 12.1. The first-order valence-corrected chi connectivity index (χ1v) is 20.3. The van der Waals surface area contributed by atoms with Gasteiger partial charge in [0.05, 0.1) is 0 Å². The van der Waals surface area contributed by atoms with E-state index in [1.165, 1.54) is 44.9 Å². The standard InChI is InChI=1S/C36H52O2Si2/c1-12-22-35(4,5)31-29(25-18-14-16-20-27(25)33(31)37-39(8)9)24(3)30-26-19-15-17-21-28(26)34(38-40(10)11)32(30)36(6,7)23-13-2/h14-21,24,29-30H,12-13,22-23H2,1-11H3. The lowest BCUT2D eigenvalue weighted by molar-refractivity contribution is 0.305. The maximum Gasteiger partial charge on any atom is 0.274 e. The summed E-state index contributed by atoms with van der Waals surface area (Å²) >= 11 is 0. The molecule has 40 heavy (non-hydrogen) atoms. The monoisotopic (exact) mass is 572 g/mol. The summed E-state index contributed by atoms with van der Waals surface area (Å²) in [7, 11) is -1.86. The molecule has 216 valence electrons. The van der Waals surface area contributed by atoms with Crippen LogP contribution in [0.1, 0.15) is 108 Å². The van der Waals surface area contributed by atoms with Crippen molar-refractivity contribution in [2.24, 2.45) is 16.7 Å². The number of fused-ring (bicyclic) bond motifs is 2. The summed E-state index contributed by atoms with van der Waals surface area (Å²) in [4.78, 5) is 0. The van der Waals surface area contributed by atoms with E-state index in [2.05, 4.69) is 123 Å². The van der Waals surface area contributed by atoms with Crippen molar-refractivity contribution in [3.63, 3.8) is 0 Å². The van der Waals surface area contributed by atoms with E-state index < -0.39 is 18.1 Å². The van der Waals surface area contributed by atoms with Crippen LogP contribution in [-0.4, -0.2) is 18.1 Å². The molecular formula is C36H52O2Si2. The lowest BCUT2D eigenvalue weighted by atomic mass is 9.63. The maximum atomic E-state index is 6.85. The van der Waals surface area contributed by atoms with Crippen molar-refractivity contribution in [2.75, 3.05) is 0 Å². The zero-order chi connectivity index (χ0) is 29.4. The minimum atomic E-state index is -0.928. The van der Waals surface area contributed by atoms with Crippen molar-refractivity contribution < 1.29 is 8.85 Å². The highest BCUT2D eigenvalue weighted by Crippen LogP contribution is 2.62. The molecule has 4 rings (SSSR count). The molecule has 0 saturated carbocycles. The van der Waals surface area contributed by atoms with Gasteiger partial charge in [0.1, 0.15) is 11.5 Å². The Morgan fingerprint density at radius 3 is 1.32 bits per heavy atom. The molecule has 0 N–H and O–H groups in total. The number of allylic oxidation sites excluding steroid dienone is 2. The van der Waals surface area contributed by atoms with Gasteiger partial charge in [-0.25, -0.2) is 0 Å². The molecule has 2 radical (unpaired) electrons. The molecule has 4 heteroatoms. The number of rotatable bonds is 12. The Hall–Kier alpha value is -2.05. The van der Waals surface area contributed by atoms with E-state index >= 15 is 0 Å².